The van der Waals surface area contributed by atoms with Gasteiger partial charge in [0, 0.05) is 0 Å². The van der Waals surface area contributed by atoms with Crippen LogP contribution in [0.5, 0.6) is 0 Å². The fourth-order valence-electron chi connectivity index (χ4n) is 1.66. The van der Waals surface area contributed by atoms with Crippen molar-refractivity contribution in [2.75, 3.05) is 6.61 Å². The minimum Gasteiger partial charge on any atom is -0.465 e. The Morgan fingerprint density at radius 3 is 2.33 bits per heavy atom. The van der Waals surface area contributed by atoms with Crippen molar-refractivity contribution in [1.82, 2.24) is 0 Å². The number of carbonyl (C=O) groups is 1. The first-order chi connectivity index (χ1) is 7.26. The summed E-state index contributed by atoms with van der Waals surface area (Å²) in [5.74, 6) is 0.136. The van der Waals surface area contributed by atoms with E-state index in [1.54, 1.807) is 0 Å². The van der Waals surface area contributed by atoms with Crippen LogP contribution in [0, 0.1) is 5.92 Å². The van der Waals surface area contributed by atoms with Crippen molar-refractivity contribution < 1.29 is 9.53 Å². The average Bonchev–Trinajstić information content (AvgIpc) is 2.25. The molecule has 0 heterocycles. The van der Waals surface area contributed by atoms with Crippen LogP contribution >= 0.6 is 0 Å². The lowest BCUT2D eigenvalue weighted by Gasteiger charge is -2.12. The van der Waals surface area contributed by atoms with Crippen LogP contribution < -0.4 is 0 Å². The third-order valence-corrected chi connectivity index (χ3v) is 2.71. The fraction of sp³-hybridized carbons (Fsp3) is 0.923. The predicted molar refractivity (Wildman–Crippen MR) is 63.8 cm³/mol. The van der Waals surface area contributed by atoms with Gasteiger partial charge in [-0.15, -0.1) is 0 Å². The summed E-state index contributed by atoms with van der Waals surface area (Å²) in [6, 6.07) is 0. The third kappa shape index (κ3) is 7.40. The van der Waals surface area contributed by atoms with Gasteiger partial charge in [0.05, 0.1) is 12.5 Å². The third-order valence-electron chi connectivity index (χ3n) is 2.71. The van der Waals surface area contributed by atoms with Gasteiger partial charge in [0.2, 0.25) is 0 Å². The van der Waals surface area contributed by atoms with Gasteiger partial charge in [0.25, 0.3) is 0 Å². The summed E-state index contributed by atoms with van der Waals surface area (Å²) in [5, 5.41) is 0. The molecular weight excluding hydrogens is 188 g/mol. The highest BCUT2D eigenvalue weighted by Gasteiger charge is 2.16. The molecule has 0 rings (SSSR count). The zero-order valence-electron chi connectivity index (χ0n) is 10.6. The number of hydrogen-bond acceptors (Lipinski definition) is 2. The zero-order valence-corrected chi connectivity index (χ0v) is 10.6. The van der Waals surface area contributed by atoms with E-state index >= 15 is 0 Å². The van der Waals surface area contributed by atoms with E-state index in [1.807, 2.05) is 0 Å². The van der Waals surface area contributed by atoms with Crippen molar-refractivity contribution in [2.24, 2.45) is 5.92 Å². The van der Waals surface area contributed by atoms with Crippen molar-refractivity contribution in [3.63, 3.8) is 0 Å². The molecule has 0 N–H and O–H groups in total. The van der Waals surface area contributed by atoms with Crippen LogP contribution in [0.3, 0.4) is 0 Å². The maximum absolute atomic E-state index is 11.6. The Morgan fingerprint density at radius 2 is 1.80 bits per heavy atom. The molecule has 0 saturated heterocycles. The van der Waals surface area contributed by atoms with Gasteiger partial charge >= 0.3 is 5.97 Å². The molecule has 1 unspecified atom stereocenters. The Balaban J connectivity index is 3.53. The Kier molecular flexibility index (Phi) is 9.65. The van der Waals surface area contributed by atoms with Gasteiger partial charge in [-0.3, -0.25) is 4.79 Å². The van der Waals surface area contributed by atoms with Crippen LogP contribution in [0.25, 0.3) is 0 Å². The van der Waals surface area contributed by atoms with Crippen LogP contribution in [0.1, 0.15) is 65.7 Å². The maximum Gasteiger partial charge on any atom is 0.308 e. The Bertz CT molecular complexity index is 155. The van der Waals surface area contributed by atoms with Gasteiger partial charge in [-0.2, -0.15) is 0 Å². The SMILES string of the molecule is CCCCCCOC(=O)C(CC)CCC. The largest absolute Gasteiger partial charge is 0.465 e. The summed E-state index contributed by atoms with van der Waals surface area (Å²) < 4.78 is 5.26. The number of esters is 1. The molecule has 15 heavy (non-hydrogen) atoms. The molecule has 1 atom stereocenters. The maximum atomic E-state index is 11.6. The number of carbonyl (C=O) groups excluding carboxylic acids is 1. The van der Waals surface area contributed by atoms with Crippen LogP contribution in [-0.2, 0) is 9.53 Å². The lowest BCUT2D eigenvalue weighted by atomic mass is 10.0. The Labute approximate surface area is 94.4 Å². The Morgan fingerprint density at radius 1 is 1.07 bits per heavy atom. The fourth-order valence-corrected chi connectivity index (χ4v) is 1.66. The molecule has 0 radical (unpaired) electrons. The van der Waals surface area contributed by atoms with Gasteiger partial charge in [0.15, 0.2) is 0 Å². The highest BCUT2D eigenvalue weighted by molar-refractivity contribution is 5.72. The standard InChI is InChI=1S/C13H26O2/c1-4-7-8-9-11-15-13(14)12(6-3)10-5-2/h12H,4-11H2,1-3H3. The predicted octanol–water partition coefficient (Wildman–Crippen LogP) is 3.94. The first-order valence-electron chi connectivity index (χ1n) is 6.42. The molecule has 0 spiro atoms. The van der Waals surface area contributed by atoms with Crippen molar-refractivity contribution in [3.05, 3.63) is 0 Å². The quantitative estimate of drug-likeness (QED) is 0.429. The molecule has 0 saturated carbocycles. The minimum atomic E-state index is 0.0100. The Hall–Kier alpha value is -0.530. The highest BCUT2D eigenvalue weighted by atomic mass is 16.5. The molecule has 0 bridgehead atoms. The molecule has 0 aliphatic rings. The van der Waals surface area contributed by atoms with Crippen molar-refractivity contribution in [1.29, 1.82) is 0 Å². The van der Waals surface area contributed by atoms with E-state index in [0.717, 1.165) is 25.7 Å². The molecule has 2 nitrogen and oxygen atoms in total. The van der Waals surface area contributed by atoms with E-state index in [2.05, 4.69) is 20.8 Å². The second-order valence-corrected chi connectivity index (χ2v) is 4.12. The number of rotatable bonds is 9. The van der Waals surface area contributed by atoms with Crippen LogP contribution in [0.2, 0.25) is 0 Å². The van der Waals surface area contributed by atoms with Crippen LogP contribution in [0.15, 0.2) is 0 Å². The average molecular weight is 214 g/mol. The van der Waals surface area contributed by atoms with Gasteiger partial charge in [0.1, 0.15) is 0 Å². The van der Waals surface area contributed by atoms with E-state index in [9.17, 15) is 4.79 Å². The molecule has 0 aromatic carbocycles. The van der Waals surface area contributed by atoms with E-state index in [0.29, 0.717) is 6.61 Å². The van der Waals surface area contributed by atoms with Gasteiger partial charge in [-0.1, -0.05) is 46.5 Å². The summed E-state index contributed by atoms with van der Waals surface area (Å²) in [7, 11) is 0. The molecule has 0 amide bonds. The van der Waals surface area contributed by atoms with Crippen LogP contribution in [0.4, 0.5) is 0 Å². The molecule has 0 aliphatic carbocycles. The van der Waals surface area contributed by atoms with Gasteiger partial charge in [-0.05, 0) is 19.3 Å². The second kappa shape index (κ2) is 10.0. The number of hydrogen-bond donors (Lipinski definition) is 0. The van der Waals surface area contributed by atoms with E-state index in [1.165, 1.54) is 19.3 Å². The summed E-state index contributed by atoms with van der Waals surface area (Å²) >= 11 is 0. The van der Waals surface area contributed by atoms with Gasteiger partial charge in [-0.25, -0.2) is 0 Å². The topological polar surface area (TPSA) is 26.3 Å². The normalized spacial score (nSPS) is 12.5. The van der Waals surface area contributed by atoms with Crippen molar-refractivity contribution >= 4 is 5.97 Å². The van der Waals surface area contributed by atoms with E-state index in [4.69, 9.17) is 4.74 Å². The van der Waals surface area contributed by atoms with E-state index in [-0.39, 0.29) is 11.9 Å². The molecule has 2 heteroatoms. The first-order valence-corrected chi connectivity index (χ1v) is 6.42. The molecular formula is C13H26O2. The molecule has 0 aliphatic heterocycles. The van der Waals surface area contributed by atoms with Crippen molar-refractivity contribution in [2.45, 2.75) is 65.7 Å². The summed E-state index contributed by atoms with van der Waals surface area (Å²) in [5.41, 5.74) is 0. The second-order valence-electron chi connectivity index (χ2n) is 4.12. The lowest BCUT2D eigenvalue weighted by Crippen LogP contribution is -2.17. The number of ether oxygens (including phenoxy) is 1. The monoisotopic (exact) mass is 214 g/mol. The zero-order chi connectivity index (χ0) is 11.5. The summed E-state index contributed by atoms with van der Waals surface area (Å²) in [6.07, 6.45) is 7.58. The molecule has 0 aromatic heterocycles. The minimum absolute atomic E-state index is 0.0100. The first kappa shape index (κ1) is 14.5. The molecule has 90 valence electrons. The molecule has 0 fully saturated rings. The van der Waals surface area contributed by atoms with Gasteiger partial charge < -0.3 is 4.74 Å². The highest BCUT2D eigenvalue weighted by Crippen LogP contribution is 2.13. The summed E-state index contributed by atoms with van der Waals surface area (Å²) in [4.78, 5) is 11.6. The number of unbranched alkanes of at least 4 members (excludes halogenated alkanes) is 3. The van der Waals surface area contributed by atoms with Crippen molar-refractivity contribution in [3.8, 4) is 0 Å². The summed E-state index contributed by atoms with van der Waals surface area (Å²) in [6.45, 7) is 6.95. The smallest absolute Gasteiger partial charge is 0.308 e. The van der Waals surface area contributed by atoms with Crippen LogP contribution in [-0.4, -0.2) is 12.6 Å². The lowest BCUT2D eigenvalue weighted by molar-refractivity contribution is -0.149. The molecule has 0 aromatic rings. The van der Waals surface area contributed by atoms with E-state index < -0.39 is 0 Å².